The Morgan fingerprint density at radius 1 is 1.44 bits per heavy atom. The van der Waals surface area contributed by atoms with E-state index in [9.17, 15) is 0 Å². The molecule has 0 N–H and O–H groups in total. The zero-order chi connectivity index (χ0) is 12.1. The van der Waals surface area contributed by atoms with Crippen molar-refractivity contribution in [2.45, 2.75) is 39.7 Å². The minimum Gasteiger partial charge on any atom is -0.371 e. The third-order valence-electron chi connectivity index (χ3n) is 3.08. The van der Waals surface area contributed by atoms with Crippen LogP contribution in [-0.2, 0) is 0 Å². The normalized spacial score (nSPS) is 11.9. The van der Waals surface area contributed by atoms with Crippen LogP contribution >= 0.6 is 0 Å². The van der Waals surface area contributed by atoms with E-state index in [0.717, 1.165) is 17.7 Å². The van der Waals surface area contributed by atoms with Gasteiger partial charge in [0.05, 0.1) is 11.3 Å². The Morgan fingerprint density at radius 2 is 2.12 bits per heavy atom. The SMILES string of the molecule is CCCC(C)N(C)c1c(C)cccc1C#N. The van der Waals surface area contributed by atoms with Crippen LogP contribution in [0.3, 0.4) is 0 Å². The molecule has 16 heavy (non-hydrogen) atoms. The van der Waals surface area contributed by atoms with E-state index in [1.807, 2.05) is 12.1 Å². The molecule has 0 aromatic heterocycles. The zero-order valence-corrected chi connectivity index (χ0v) is 10.6. The third kappa shape index (κ3) is 2.55. The van der Waals surface area contributed by atoms with Crippen LogP contribution in [0.4, 0.5) is 5.69 Å². The van der Waals surface area contributed by atoms with Gasteiger partial charge in [-0.15, -0.1) is 0 Å². The van der Waals surface area contributed by atoms with E-state index in [1.165, 1.54) is 12.0 Å². The van der Waals surface area contributed by atoms with Gasteiger partial charge in [-0.1, -0.05) is 25.5 Å². The topological polar surface area (TPSA) is 27.0 Å². The minimum atomic E-state index is 0.471. The molecule has 86 valence electrons. The number of para-hydroxylation sites is 1. The summed E-state index contributed by atoms with van der Waals surface area (Å²) >= 11 is 0. The predicted octanol–water partition coefficient (Wildman–Crippen LogP) is 3.49. The summed E-state index contributed by atoms with van der Waals surface area (Å²) in [6.07, 6.45) is 2.31. The highest BCUT2D eigenvalue weighted by Gasteiger charge is 2.14. The molecule has 1 aromatic carbocycles. The van der Waals surface area contributed by atoms with Gasteiger partial charge in [0.25, 0.3) is 0 Å². The molecule has 0 saturated heterocycles. The fraction of sp³-hybridized carbons (Fsp3) is 0.500. The van der Waals surface area contributed by atoms with Gasteiger partial charge in [-0.05, 0) is 31.9 Å². The van der Waals surface area contributed by atoms with Gasteiger partial charge in [0.2, 0.25) is 0 Å². The van der Waals surface area contributed by atoms with Crippen LogP contribution in [0, 0.1) is 18.3 Å². The molecule has 0 bridgehead atoms. The highest BCUT2D eigenvalue weighted by Crippen LogP contribution is 2.26. The molecule has 2 nitrogen and oxygen atoms in total. The molecule has 2 heteroatoms. The highest BCUT2D eigenvalue weighted by atomic mass is 15.1. The van der Waals surface area contributed by atoms with Crippen LogP contribution in [0.1, 0.15) is 37.8 Å². The second-order valence-electron chi connectivity index (χ2n) is 4.33. The van der Waals surface area contributed by atoms with Gasteiger partial charge >= 0.3 is 0 Å². The van der Waals surface area contributed by atoms with E-state index in [-0.39, 0.29) is 0 Å². The highest BCUT2D eigenvalue weighted by molar-refractivity contribution is 5.64. The number of rotatable bonds is 4. The quantitative estimate of drug-likeness (QED) is 0.770. The van der Waals surface area contributed by atoms with Crippen LogP contribution in [0.5, 0.6) is 0 Å². The van der Waals surface area contributed by atoms with E-state index in [1.54, 1.807) is 0 Å². The molecule has 1 rings (SSSR count). The van der Waals surface area contributed by atoms with Crippen molar-refractivity contribution in [3.05, 3.63) is 29.3 Å². The van der Waals surface area contributed by atoms with Gasteiger partial charge in [0.1, 0.15) is 6.07 Å². The summed E-state index contributed by atoms with van der Waals surface area (Å²) in [4.78, 5) is 2.22. The zero-order valence-electron chi connectivity index (χ0n) is 10.6. The molecule has 0 aliphatic rings. The van der Waals surface area contributed by atoms with Crippen LogP contribution in [0.15, 0.2) is 18.2 Å². The van der Waals surface area contributed by atoms with Gasteiger partial charge in [-0.2, -0.15) is 5.26 Å². The van der Waals surface area contributed by atoms with Crippen molar-refractivity contribution in [3.63, 3.8) is 0 Å². The number of benzene rings is 1. The van der Waals surface area contributed by atoms with Crippen LogP contribution in [0.25, 0.3) is 0 Å². The Hall–Kier alpha value is -1.49. The molecular weight excluding hydrogens is 196 g/mol. The van der Waals surface area contributed by atoms with Gasteiger partial charge < -0.3 is 4.90 Å². The summed E-state index contributed by atoms with van der Waals surface area (Å²) in [5.74, 6) is 0. The van der Waals surface area contributed by atoms with Crippen LogP contribution in [-0.4, -0.2) is 13.1 Å². The van der Waals surface area contributed by atoms with Gasteiger partial charge in [0.15, 0.2) is 0 Å². The molecule has 1 aromatic rings. The van der Waals surface area contributed by atoms with E-state index < -0.39 is 0 Å². The Labute approximate surface area is 98.5 Å². The van der Waals surface area contributed by atoms with E-state index in [4.69, 9.17) is 5.26 Å². The molecule has 0 spiro atoms. The van der Waals surface area contributed by atoms with Gasteiger partial charge in [-0.3, -0.25) is 0 Å². The first-order valence-electron chi connectivity index (χ1n) is 5.84. The van der Waals surface area contributed by atoms with Gasteiger partial charge in [0, 0.05) is 13.1 Å². The lowest BCUT2D eigenvalue weighted by atomic mass is 10.1. The van der Waals surface area contributed by atoms with Crippen molar-refractivity contribution >= 4 is 5.69 Å². The van der Waals surface area contributed by atoms with Crippen molar-refractivity contribution in [2.75, 3.05) is 11.9 Å². The second-order valence-corrected chi connectivity index (χ2v) is 4.33. The third-order valence-corrected chi connectivity index (χ3v) is 3.08. The second kappa shape index (κ2) is 5.55. The molecule has 0 amide bonds. The van der Waals surface area contributed by atoms with Crippen molar-refractivity contribution < 1.29 is 0 Å². The number of hydrogen-bond donors (Lipinski definition) is 0. The molecule has 0 heterocycles. The smallest absolute Gasteiger partial charge is 0.101 e. The summed E-state index contributed by atoms with van der Waals surface area (Å²) in [5.41, 5.74) is 3.01. The number of hydrogen-bond acceptors (Lipinski definition) is 2. The van der Waals surface area contributed by atoms with Crippen molar-refractivity contribution in [1.29, 1.82) is 5.26 Å². The number of aryl methyl sites for hydroxylation is 1. The molecule has 0 saturated carbocycles. The maximum Gasteiger partial charge on any atom is 0.101 e. The van der Waals surface area contributed by atoms with Crippen LogP contribution in [0.2, 0.25) is 0 Å². The van der Waals surface area contributed by atoms with E-state index in [0.29, 0.717) is 6.04 Å². The first-order chi connectivity index (χ1) is 7.61. The Bertz CT molecular complexity index is 390. The number of nitrogens with zero attached hydrogens (tertiary/aromatic N) is 2. The lowest BCUT2D eigenvalue weighted by Gasteiger charge is -2.29. The molecular formula is C14H20N2. The molecule has 0 aliphatic heterocycles. The maximum atomic E-state index is 9.13. The standard InChI is InChI=1S/C14H20N2/c1-5-7-12(3)16(4)14-11(2)8-6-9-13(14)10-15/h6,8-9,12H,5,7H2,1-4H3. The van der Waals surface area contributed by atoms with E-state index in [2.05, 4.69) is 44.9 Å². The molecule has 0 radical (unpaired) electrons. The average molecular weight is 216 g/mol. The van der Waals surface area contributed by atoms with Crippen molar-refractivity contribution in [2.24, 2.45) is 0 Å². The summed E-state index contributed by atoms with van der Waals surface area (Å²) in [6, 6.07) is 8.63. The molecule has 1 atom stereocenters. The predicted molar refractivity (Wildman–Crippen MR) is 68.7 cm³/mol. The van der Waals surface area contributed by atoms with Gasteiger partial charge in [-0.25, -0.2) is 0 Å². The fourth-order valence-electron chi connectivity index (χ4n) is 2.05. The lowest BCUT2D eigenvalue weighted by Crippen LogP contribution is -2.29. The molecule has 0 aliphatic carbocycles. The summed E-state index contributed by atoms with van der Waals surface area (Å²) < 4.78 is 0. The van der Waals surface area contributed by atoms with Crippen molar-refractivity contribution in [3.8, 4) is 6.07 Å². The maximum absolute atomic E-state index is 9.13. The largest absolute Gasteiger partial charge is 0.371 e. The number of anilines is 1. The fourth-order valence-corrected chi connectivity index (χ4v) is 2.05. The Kier molecular flexibility index (Phi) is 4.37. The minimum absolute atomic E-state index is 0.471. The lowest BCUT2D eigenvalue weighted by molar-refractivity contribution is 0.615. The van der Waals surface area contributed by atoms with Crippen molar-refractivity contribution in [1.82, 2.24) is 0 Å². The first-order valence-corrected chi connectivity index (χ1v) is 5.84. The monoisotopic (exact) mass is 216 g/mol. The van der Waals surface area contributed by atoms with E-state index >= 15 is 0 Å². The van der Waals surface area contributed by atoms with Crippen LogP contribution < -0.4 is 4.90 Å². The Balaban J connectivity index is 3.07. The first kappa shape index (κ1) is 12.6. The summed E-state index contributed by atoms with van der Waals surface area (Å²) in [6.45, 7) is 6.45. The Morgan fingerprint density at radius 3 is 2.69 bits per heavy atom. The molecule has 0 fully saturated rings. The number of nitriles is 1. The average Bonchev–Trinajstić information content (AvgIpc) is 2.28. The summed E-state index contributed by atoms with van der Waals surface area (Å²) in [7, 11) is 2.07. The molecule has 1 unspecified atom stereocenters. The summed E-state index contributed by atoms with van der Waals surface area (Å²) in [5, 5.41) is 9.13.